The van der Waals surface area contributed by atoms with Gasteiger partial charge in [0.2, 0.25) is 0 Å². The Morgan fingerprint density at radius 1 is 1.40 bits per heavy atom. The minimum atomic E-state index is -0.319. The van der Waals surface area contributed by atoms with E-state index >= 15 is 0 Å². The molecule has 3 aliphatic carbocycles. The number of Topliss-reactive ketones (excluding diaryl/α,β-unsaturated/α-hetero) is 1. The number of carbonyl (C=O) groups is 1. The highest BCUT2D eigenvalue weighted by Crippen LogP contribution is 2.69. The van der Waals surface area contributed by atoms with Crippen molar-refractivity contribution in [2.24, 2.45) is 35.5 Å². The Hall–Kier alpha value is -0.840. The van der Waals surface area contributed by atoms with Crippen molar-refractivity contribution < 1.29 is 4.79 Å². The van der Waals surface area contributed by atoms with E-state index < -0.39 is 0 Å². The molecule has 0 radical (unpaired) electrons. The van der Waals surface area contributed by atoms with E-state index in [-0.39, 0.29) is 11.7 Å². The van der Waals surface area contributed by atoms with Crippen LogP contribution in [0.5, 0.6) is 0 Å². The third-order valence-electron chi connectivity index (χ3n) is 4.97. The lowest BCUT2D eigenvalue weighted by atomic mass is 9.92. The first kappa shape index (κ1) is 9.39. The van der Waals surface area contributed by atoms with Gasteiger partial charge in [-0.25, -0.2) is 0 Å². The van der Waals surface area contributed by atoms with Gasteiger partial charge in [0.25, 0.3) is 0 Å². The summed E-state index contributed by atoms with van der Waals surface area (Å²) < 4.78 is 0. The van der Waals surface area contributed by atoms with E-state index in [2.05, 4.69) is 6.07 Å². The highest BCUT2D eigenvalue weighted by molar-refractivity contribution is 5.88. The SMILES string of the molecule is CCC(C#N)C(=O)C1C2C3CCC(C3)C12. The van der Waals surface area contributed by atoms with Gasteiger partial charge in [-0.15, -0.1) is 0 Å². The standard InChI is InChI=1S/C13H17NO/c1-2-7(6-14)13(15)12-10-8-3-4-9(5-8)11(10)12/h7-12H,2-5H2,1H3. The number of hydrogen-bond acceptors (Lipinski definition) is 2. The molecule has 3 fully saturated rings. The summed E-state index contributed by atoms with van der Waals surface area (Å²) in [4.78, 5) is 12.1. The number of nitrogens with zero attached hydrogens (tertiary/aromatic N) is 1. The Balaban J connectivity index is 1.72. The van der Waals surface area contributed by atoms with Crippen LogP contribution in [0.1, 0.15) is 32.6 Å². The van der Waals surface area contributed by atoms with Crippen LogP contribution in [0, 0.1) is 46.8 Å². The molecule has 0 aliphatic heterocycles. The van der Waals surface area contributed by atoms with Crippen molar-refractivity contribution in [3.05, 3.63) is 0 Å². The van der Waals surface area contributed by atoms with Gasteiger partial charge >= 0.3 is 0 Å². The van der Waals surface area contributed by atoms with Gasteiger partial charge in [-0.3, -0.25) is 4.79 Å². The lowest BCUT2D eigenvalue weighted by molar-refractivity contribution is -0.123. The van der Waals surface area contributed by atoms with E-state index in [4.69, 9.17) is 5.26 Å². The molecule has 3 aliphatic rings. The first-order valence-corrected chi connectivity index (χ1v) is 6.21. The van der Waals surface area contributed by atoms with Crippen molar-refractivity contribution >= 4 is 5.78 Å². The molecule has 3 rings (SSSR count). The number of fused-ring (bicyclic) bond motifs is 5. The Bertz CT molecular complexity index is 327. The fraction of sp³-hybridized carbons (Fsp3) is 0.846. The van der Waals surface area contributed by atoms with Crippen LogP contribution in [0.3, 0.4) is 0 Å². The molecule has 0 aromatic heterocycles. The third-order valence-corrected chi connectivity index (χ3v) is 4.97. The first-order valence-electron chi connectivity index (χ1n) is 6.21. The van der Waals surface area contributed by atoms with E-state index in [1.165, 1.54) is 19.3 Å². The summed E-state index contributed by atoms with van der Waals surface area (Å²) in [5.74, 6) is 3.31. The highest BCUT2D eigenvalue weighted by Gasteiger charge is 2.67. The van der Waals surface area contributed by atoms with Crippen LogP contribution in [0.2, 0.25) is 0 Å². The summed E-state index contributed by atoms with van der Waals surface area (Å²) in [6.07, 6.45) is 4.76. The van der Waals surface area contributed by atoms with E-state index in [0.717, 1.165) is 11.8 Å². The highest BCUT2D eigenvalue weighted by atomic mass is 16.1. The van der Waals surface area contributed by atoms with Crippen molar-refractivity contribution in [2.75, 3.05) is 0 Å². The predicted octanol–water partition coefficient (Wildman–Crippen LogP) is 2.40. The van der Waals surface area contributed by atoms with E-state index in [9.17, 15) is 4.79 Å². The molecule has 2 nitrogen and oxygen atoms in total. The van der Waals surface area contributed by atoms with Crippen molar-refractivity contribution in [1.82, 2.24) is 0 Å². The molecule has 15 heavy (non-hydrogen) atoms. The second-order valence-corrected chi connectivity index (χ2v) is 5.51. The molecule has 5 atom stereocenters. The molecule has 5 unspecified atom stereocenters. The van der Waals surface area contributed by atoms with Crippen molar-refractivity contribution in [3.63, 3.8) is 0 Å². The molecule has 80 valence electrons. The van der Waals surface area contributed by atoms with Gasteiger partial charge in [-0.2, -0.15) is 5.26 Å². The minimum absolute atomic E-state index is 0.270. The van der Waals surface area contributed by atoms with Gasteiger partial charge in [0.05, 0.1) is 6.07 Å². The largest absolute Gasteiger partial charge is 0.298 e. The van der Waals surface area contributed by atoms with Crippen molar-refractivity contribution in [3.8, 4) is 6.07 Å². The molecule has 0 aromatic carbocycles. The zero-order chi connectivity index (χ0) is 10.6. The van der Waals surface area contributed by atoms with E-state index in [0.29, 0.717) is 24.2 Å². The summed E-state index contributed by atoms with van der Waals surface area (Å²) in [5.41, 5.74) is 0. The van der Waals surface area contributed by atoms with E-state index in [1.54, 1.807) is 0 Å². The summed E-state index contributed by atoms with van der Waals surface area (Å²) >= 11 is 0. The lowest BCUT2D eigenvalue weighted by Gasteiger charge is -2.09. The van der Waals surface area contributed by atoms with Crippen LogP contribution in [0.15, 0.2) is 0 Å². The van der Waals surface area contributed by atoms with Crippen LogP contribution in [0.25, 0.3) is 0 Å². The maximum absolute atomic E-state index is 12.1. The average Bonchev–Trinajstić information content (AvgIpc) is 2.69. The average molecular weight is 203 g/mol. The van der Waals surface area contributed by atoms with Crippen LogP contribution in [-0.2, 0) is 4.79 Å². The predicted molar refractivity (Wildman–Crippen MR) is 55.7 cm³/mol. The maximum atomic E-state index is 12.1. The normalized spacial score (nSPS) is 47.1. The second-order valence-electron chi connectivity index (χ2n) is 5.51. The molecule has 3 saturated carbocycles. The monoisotopic (exact) mass is 203 g/mol. The zero-order valence-corrected chi connectivity index (χ0v) is 9.15. The van der Waals surface area contributed by atoms with Crippen LogP contribution >= 0.6 is 0 Å². The topological polar surface area (TPSA) is 40.9 Å². The molecule has 0 amide bonds. The van der Waals surface area contributed by atoms with Gasteiger partial charge in [-0.1, -0.05) is 6.92 Å². The molecular weight excluding hydrogens is 186 g/mol. The summed E-state index contributed by atoms with van der Waals surface area (Å²) in [6, 6.07) is 2.16. The first-order chi connectivity index (χ1) is 7.27. The second kappa shape index (κ2) is 3.07. The Kier molecular flexibility index (Phi) is 1.92. The summed E-state index contributed by atoms with van der Waals surface area (Å²) in [7, 11) is 0. The zero-order valence-electron chi connectivity index (χ0n) is 9.15. The number of rotatable bonds is 3. The van der Waals surface area contributed by atoms with Crippen LogP contribution in [-0.4, -0.2) is 5.78 Å². The number of ketones is 1. The van der Waals surface area contributed by atoms with Gasteiger partial charge in [0.1, 0.15) is 5.92 Å². The van der Waals surface area contributed by atoms with Crippen LogP contribution in [0.4, 0.5) is 0 Å². The molecular formula is C13H17NO. The summed E-state index contributed by atoms with van der Waals surface area (Å²) in [6.45, 7) is 1.94. The van der Waals surface area contributed by atoms with Gasteiger partial charge in [0, 0.05) is 5.92 Å². The van der Waals surface area contributed by atoms with Crippen LogP contribution < -0.4 is 0 Å². The molecule has 2 bridgehead atoms. The summed E-state index contributed by atoms with van der Waals surface area (Å²) in [5, 5.41) is 8.91. The fourth-order valence-electron chi connectivity index (χ4n) is 4.29. The third kappa shape index (κ3) is 1.13. The van der Waals surface area contributed by atoms with Gasteiger partial charge in [0.15, 0.2) is 5.78 Å². The molecule has 0 heterocycles. The smallest absolute Gasteiger partial charge is 0.153 e. The quantitative estimate of drug-likeness (QED) is 0.706. The molecule has 0 saturated heterocycles. The molecule has 0 aromatic rings. The van der Waals surface area contributed by atoms with Gasteiger partial charge < -0.3 is 0 Å². The molecule has 0 N–H and O–H groups in total. The Morgan fingerprint density at radius 2 is 2.00 bits per heavy atom. The maximum Gasteiger partial charge on any atom is 0.153 e. The minimum Gasteiger partial charge on any atom is -0.298 e. The van der Waals surface area contributed by atoms with Crippen molar-refractivity contribution in [2.45, 2.75) is 32.6 Å². The Morgan fingerprint density at radius 3 is 2.47 bits per heavy atom. The van der Waals surface area contributed by atoms with E-state index in [1.807, 2.05) is 6.92 Å². The Labute approximate surface area is 90.7 Å². The molecule has 0 spiro atoms. The number of hydrogen-bond donors (Lipinski definition) is 0. The lowest BCUT2D eigenvalue weighted by Crippen LogP contribution is -2.18. The fourth-order valence-corrected chi connectivity index (χ4v) is 4.29. The van der Waals surface area contributed by atoms with Gasteiger partial charge in [-0.05, 0) is 49.4 Å². The van der Waals surface area contributed by atoms with Crippen molar-refractivity contribution in [1.29, 1.82) is 5.26 Å². The number of nitriles is 1. The molecule has 2 heteroatoms. The number of carbonyl (C=O) groups excluding carboxylic acids is 1.